The summed E-state index contributed by atoms with van der Waals surface area (Å²) in [5.41, 5.74) is 0.991. The monoisotopic (exact) mass is 380 g/mol. The third-order valence-electron chi connectivity index (χ3n) is 4.33. The summed E-state index contributed by atoms with van der Waals surface area (Å²) in [5.74, 6) is 2.68. The van der Waals surface area contributed by atoms with Gasteiger partial charge in [0.2, 0.25) is 5.75 Å². The topological polar surface area (TPSA) is 67.4 Å². The first-order valence-corrected chi connectivity index (χ1v) is 9.66. The van der Waals surface area contributed by atoms with E-state index in [1.54, 1.807) is 21.3 Å². The summed E-state index contributed by atoms with van der Waals surface area (Å²) in [6.45, 7) is 11.9. The van der Waals surface area contributed by atoms with Gasteiger partial charge < -0.3 is 29.7 Å². The van der Waals surface area contributed by atoms with Gasteiger partial charge in [0.1, 0.15) is 0 Å². The maximum atomic E-state index is 5.41. The highest BCUT2D eigenvalue weighted by atomic mass is 16.5. The molecule has 0 aromatic heterocycles. The molecule has 0 radical (unpaired) electrons. The van der Waals surface area contributed by atoms with Crippen molar-refractivity contribution in [3.05, 3.63) is 17.7 Å². The Kier molecular flexibility index (Phi) is 11.1. The SMILES string of the molecule is CCNC(=NCc1cc(OC)c(OC)c(OC)c1)NCCCN(CC)CC. The lowest BCUT2D eigenvalue weighted by Gasteiger charge is -2.18. The predicted molar refractivity (Wildman–Crippen MR) is 111 cm³/mol. The summed E-state index contributed by atoms with van der Waals surface area (Å²) in [5, 5.41) is 6.69. The highest BCUT2D eigenvalue weighted by molar-refractivity contribution is 5.79. The summed E-state index contributed by atoms with van der Waals surface area (Å²) >= 11 is 0. The number of aliphatic imine (C=N–C) groups is 1. The second-order valence-electron chi connectivity index (χ2n) is 6.04. The third kappa shape index (κ3) is 7.54. The quantitative estimate of drug-likeness (QED) is 0.330. The van der Waals surface area contributed by atoms with E-state index in [4.69, 9.17) is 14.2 Å². The van der Waals surface area contributed by atoms with Gasteiger partial charge in [-0.25, -0.2) is 4.99 Å². The Labute approximate surface area is 164 Å². The lowest BCUT2D eigenvalue weighted by atomic mass is 10.2. The van der Waals surface area contributed by atoms with Gasteiger partial charge in [-0.2, -0.15) is 0 Å². The van der Waals surface area contributed by atoms with Crippen LogP contribution < -0.4 is 24.8 Å². The van der Waals surface area contributed by atoms with Gasteiger partial charge >= 0.3 is 0 Å². The molecule has 154 valence electrons. The lowest BCUT2D eigenvalue weighted by molar-refractivity contribution is 0.300. The number of nitrogens with one attached hydrogen (secondary N) is 2. The predicted octanol–water partition coefficient (Wildman–Crippen LogP) is 2.50. The van der Waals surface area contributed by atoms with Crippen LogP contribution in [0.3, 0.4) is 0 Å². The highest BCUT2D eigenvalue weighted by Gasteiger charge is 2.13. The van der Waals surface area contributed by atoms with Gasteiger partial charge in [0.15, 0.2) is 17.5 Å². The van der Waals surface area contributed by atoms with E-state index in [-0.39, 0.29) is 0 Å². The van der Waals surface area contributed by atoms with Gasteiger partial charge in [-0.1, -0.05) is 13.8 Å². The van der Waals surface area contributed by atoms with Crippen molar-refractivity contribution in [2.24, 2.45) is 4.99 Å². The van der Waals surface area contributed by atoms with Crippen molar-refractivity contribution < 1.29 is 14.2 Å². The summed E-state index contributed by atoms with van der Waals surface area (Å²) in [6.07, 6.45) is 1.08. The maximum absolute atomic E-state index is 5.41. The average molecular weight is 381 g/mol. The number of hydrogen-bond acceptors (Lipinski definition) is 5. The number of benzene rings is 1. The van der Waals surface area contributed by atoms with Gasteiger partial charge in [0.25, 0.3) is 0 Å². The Bertz CT molecular complexity index is 549. The first-order chi connectivity index (χ1) is 13.1. The highest BCUT2D eigenvalue weighted by Crippen LogP contribution is 2.38. The van der Waals surface area contributed by atoms with Crippen LogP contribution in [0.15, 0.2) is 17.1 Å². The molecule has 1 aromatic carbocycles. The van der Waals surface area contributed by atoms with Crippen LogP contribution >= 0.6 is 0 Å². The summed E-state index contributed by atoms with van der Waals surface area (Å²) in [7, 11) is 4.83. The molecule has 0 fully saturated rings. The van der Waals surface area contributed by atoms with E-state index in [1.807, 2.05) is 12.1 Å². The molecule has 0 heterocycles. The molecule has 0 spiro atoms. The molecule has 0 saturated heterocycles. The normalized spacial score (nSPS) is 11.4. The zero-order valence-electron chi connectivity index (χ0n) is 17.7. The molecule has 0 aliphatic heterocycles. The minimum atomic E-state index is 0.516. The summed E-state index contributed by atoms with van der Waals surface area (Å²) < 4.78 is 16.2. The molecule has 1 aromatic rings. The number of rotatable bonds is 12. The molecular weight excluding hydrogens is 344 g/mol. The van der Waals surface area contributed by atoms with Crippen LogP contribution in [-0.2, 0) is 6.54 Å². The van der Waals surface area contributed by atoms with Crippen molar-refractivity contribution in [3.8, 4) is 17.2 Å². The number of nitrogens with zero attached hydrogens (tertiary/aromatic N) is 2. The summed E-state index contributed by atoms with van der Waals surface area (Å²) in [4.78, 5) is 7.09. The molecule has 0 atom stereocenters. The van der Waals surface area contributed by atoms with Crippen LogP contribution in [0.5, 0.6) is 17.2 Å². The van der Waals surface area contributed by atoms with E-state index in [0.29, 0.717) is 23.8 Å². The Morgan fingerprint density at radius 2 is 1.59 bits per heavy atom. The second-order valence-corrected chi connectivity index (χ2v) is 6.04. The third-order valence-corrected chi connectivity index (χ3v) is 4.33. The van der Waals surface area contributed by atoms with Crippen molar-refractivity contribution in [1.29, 1.82) is 0 Å². The van der Waals surface area contributed by atoms with Crippen LogP contribution in [0, 0.1) is 0 Å². The molecule has 0 unspecified atom stereocenters. The fraction of sp³-hybridized carbons (Fsp3) is 0.650. The van der Waals surface area contributed by atoms with E-state index >= 15 is 0 Å². The van der Waals surface area contributed by atoms with Gasteiger partial charge in [-0.05, 0) is 50.7 Å². The van der Waals surface area contributed by atoms with Crippen molar-refractivity contribution in [1.82, 2.24) is 15.5 Å². The van der Waals surface area contributed by atoms with Crippen LogP contribution in [0.1, 0.15) is 32.8 Å². The minimum Gasteiger partial charge on any atom is -0.493 e. The molecule has 1 rings (SSSR count). The number of ether oxygens (including phenoxy) is 3. The van der Waals surface area contributed by atoms with Gasteiger partial charge in [-0.15, -0.1) is 0 Å². The van der Waals surface area contributed by atoms with Crippen molar-refractivity contribution in [2.45, 2.75) is 33.7 Å². The smallest absolute Gasteiger partial charge is 0.203 e. The van der Waals surface area contributed by atoms with Gasteiger partial charge in [0, 0.05) is 13.1 Å². The molecule has 2 N–H and O–H groups in total. The van der Waals surface area contributed by atoms with E-state index in [9.17, 15) is 0 Å². The van der Waals surface area contributed by atoms with E-state index in [0.717, 1.165) is 50.7 Å². The molecule has 27 heavy (non-hydrogen) atoms. The molecule has 0 aliphatic carbocycles. The number of methoxy groups -OCH3 is 3. The van der Waals surface area contributed by atoms with Gasteiger partial charge in [0.05, 0.1) is 27.9 Å². The lowest BCUT2D eigenvalue weighted by Crippen LogP contribution is -2.38. The standard InChI is InChI=1S/C20H36N4O3/c1-7-21-20(22-11-10-12-24(8-2)9-3)23-15-16-13-17(25-4)19(27-6)18(14-16)26-5/h13-14H,7-12,15H2,1-6H3,(H2,21,22,23). The van der Waals surface area contributed by atoms with Gasteiger partial charge in [-0.3, -0.25) is 0 Å². The molecule has 0 bridgehead atoms. The molecule has 7 heteroatoms. The van der Waals surface area contributed by atoms with Crippen LogP contribution in [0.4, 0.5) is 0 Å². The average Bonchev–Trinajstić information content (AvgIpc) is 2.70. The molecule has 7 nitrogen and oxygen atoms in total. The molecule has 0 saturated carbocycles. The largest absolute Gasteiger partial charge is 0.493 e. The van der Waals surface area contributed by atoms with E-state index < -0.39 is 0 Å². The number of guanidine groups is 1. The zero-order valence-corrected chi connectivity index (χ0v) is 17.7. The van der Waals surface area contributed by atoms with E-state index in [1.165, 1.54) is 0 Å². The minimum absolute atomic E-state index is 0.516. The van der Waals surface area contributed by atoms with Crippen LogP contribution in [-0.4, -0.2) is 64.9 Å². The molecule has 0 amide bonds. The first kappa shape index (κ1) is 22.9. The number of hydrogen-bond donors (Lipinski definition) is 2. The molecule has 0 aliphatic rings. The Morgan fingerprint density at radius 3 is 2.07 bits per heavy atom. The molecular formula is C20H36N4O3. The van der Waals surface area contributed by atoms with Crippen molar-refractivity contribution in [3.63, 3.8) is 0 Å². The fourth-order valence-corrected chi connectivity index (χ4v) is 2.79. The Morgan fingerprint density at radius 1 is 0.963 bits per heavy atom. The fourth-order valence-electron chi connectivity index (χ4n) is 2.79. The van der Waals surface area contributed by atoms with E-state index in [2.05, 4.69) is 41.3 Å². The van der Waals surface area contributed by atoms with Crippen molar-refractivity contribution in [2.75, 3.05) is 54.1 Å². The van der Waals surface area contributed by atoms with Crippen LogP contribution in [0.25, 0.3) is 0 Å². The zero-order chi connectivity index (χ0) is 20.1. The first-order valence-electron chi connectivity index (χ1n) is 9.66. The maximum Gasteiger partial charge on any atom is 0.203 e. The van der Waals surface area contributed by atoms with Crippen LogP contribution in [0.2, 0.25) is 0 Å². The Balaban J connectivity index is 2.74. The summed E-state index contributed by atoms with van der Waals surface area (Å²) in [6, 6.07) is 3.85. The second kappa shape index (κ2) is 13.1. The van der Waals surface area contributed by atoms with Crippen molar-refractivity contribution >= 4 is 5.96 Å². The Hall–Kier alpha value is -2.15.